The summed E-state index contributed by atoms with van der Waals surface area (Å²) in [6.45, 7) is 2.25. The number of carbonyl (C=O) groups excluding carboxylic acids is 2. The Hall–Kier alpha value is -2.15. The van der Waals surface area contributed by atoms with E-state index in [1.165, 1.54) is 11.3 Å². The zero-order valence-corrected chi connectivity index (χ0v) is 13.8. The van der Waals surface area contributed by atoms with Crippen molar-refractivity contribution in [2.45, 2.75) is 39.0 Å². The third-order valence-corrected chi connectivity index (χ3v) is 4.66. The lowest BCUT2D eigenvalue weighted by Gasteiger charge is -2.10. The molecule has 0 saturated carbocycles. The summed E-state index contributed by atoms with van der Waals surface area (Å²) in [5.74, 6) is 0.948. The molecule has 1 amide bonds. The van der Waals surface area contributed by atoms with Crippen LogP contribution in [0.2, 0.25) is 0 Å². The summed E-state index contributed by atoms with van der Waals surface area (Å²) in [5.41, 5.74) is 7.41. The van der Waals surface area contributed by atoms with E-state index in [0.717, 1.165) is 31.4 Å². The molecule has 0 aliphatic heterocycles. The number of hydrogen-bond donors (Lipinski definition) is 2. The molecule has 0 atom stereocenters. The Morgan fingerprint density at radius 3 is 3.04 bits per heavy atom. The number of fused-ring (bicyclic) bond motifs is 1. The average molecular weight is 333 g/mol. The first-order valence-corrected chi connectivity index (χ1v) is 8.57. The van der Waals surface area contributed by atoms with Gasteiger partial charge in [-0.2, -0.15) is 0 Å². The first-order valence-electron chi connectivity index (χ1n) is 7.70. The normalized spacial score (nSPS) is 13.9. The number of rotatable bonds is 5. The van der Waals surface area contributed by atoms with Crippen molar-refractivity contribution in [1.29, 1.82) is 0 Å². The van der Waals surface area contributed by atoms with Gasteiger partial charge in [0.15, 0.2) is 10.9 Å². The van der Waals surface area contributed by atoms with Gasteiger partial charge in [-0.25, -0.2) is 4.98 Å². The smallest absolute Gasteiger partial charge is 0.255 e. The van der Waals surface area contributed by atoms with Gasteiger partial charge < -0.3 is 15.5 Å². The van der Waals surface area contributed by atoms with Gasteiger partial charge >= 0.3 is 0 Å². The van der Waals surface area contributed by atoms with Crippen molar-refractivity contribution >= 4 is 28.2 Å². The Bertz CT molecular complexity index is 748. The van der Waals surface area contributed by atoms with E-state index in [0.29, 0.717) is 40.7 Å². The van der Waals surface area contributed by atoms with Crippen LogP contribution in [0.1, 0.15) is 57.2 Å². The van der Waals surface area contributed by atoms with Crippen LogP contribution in [0.3, 0.4) is 0 Å². The molecule has 1 aliphatic rings. The summed E-state index contributed by atoms with van der Waals surface area (Å²) in [5, 5.41) is 5.35. The number of thiazole rings is 1. The number of aryl methyl sites for hydroxylation is 3. The van der Waals surface area contributed by atoms with Gasteiger partial charge in [0, 0.05) is 24.8 Å². The maximum Gasteiger partial charge on any atom is 0.255 e. The third-order valence-electron chi connectivity index (χ3n) is 3.94. The van der Waals surface area contributed by atoms with Crippen LogP contribution in [0.4, 0.5) is 5.13 Å². The van der Waals surface area contributed by atoms with Crippen LogP contribution in [0, 0.1) is 6.92 Å². The van der Waals surface area contributed by atoms with Gasteiger partial charge in [-0.15, -0.1) is 11.3 Å². The summed E-state index contributed by atoms with van der Waals surface area (Å²) in [7, 11) is 0. The number of furan rings is 1. The second-order valence-electron chi connectivity index (χ2n) is 5.64. The summed E-state index contributed by atoms with van der Waals surface area (Å²) in [6.07, 6.45) is 3.52. The lowest BCUT2D eigenvalue weighted by atomic mass is 9.93. The van der Waals surface area contributed by atoms with Crippen LogP contribution < -0.4 is 11.1 Å². The lowest BCUT2D eigenvalue weighted by Crippen LogP contribution is -2.27. The lowest BCUT2D eigenvalue weighted by molar-refractivity contribution is 0.0927. The summed E-state index contributed by atoms with van der Waals surface area (Å²) < 4.78 is 5.60. The van der Waals surface area contributed by atoms with E-state index < -0.39 is 0 Å². The molecule has 0 bridgehead atoms. The minimum absolute atomic E-state index is 0.00574. The predicted molar refractivity (Wildman–Crippen MR) is 87.9 cm³/mol. The van der Waals surface area contributed by atoms with Gasteiger partial charge in [0.1, 0.15) is 11.5 Å². The van der Waals surface area contributed by atoms with Crippen molar-refractivity contribution in [2.75, 3.05) is 12.3 Å². The quantitative estimate of drug-likeness (QED) is 0.819. The minimum Gasteiger partial charge on any atom is -0.465 e. The molecule has 2 aromatic heterocycles. The van der Waals surface area contributed by atoms with Crippen molar-refractivity contribution in [3.8, 4) is 0 Å². The molecule has 122 valence electrons. The van der Waals surface area contributed by atoms with E-state index in [-0.39, 0.29) is 11.7 Å². The predicted octanol–water partition coefficient (Wildman–Crippen LogP) is 2.51. The van der Waals surface area contributed by atoms with Crippen LogP contribution in [0.15, 0.2) is 9.80 Å². The molecule has 1 aliphatic carbocycles. The van der Waals surface area contributed by atoms with Gasteiger partial charge in [-0.1, -0.05) is 0 Å². The first kappa shape index (κ1) is 15.7. The number of ketones is 1. The molecule has 0 unspecified atom stereocenters. The molecule has 0 spiro atoms. The molecular weight excluding hydrogens is 314 g/mol. The van der Waals surface area contributed by atoms with Crippen molar-refractivity contribution in [2.24, 2.45) is 0 Å². The monoisotopic (exact) mass is 333 g/mol. The van der Waals surface area contributed by atoms with E-state index in [4.69, 9.17) is 10.2 Å². The van der Waals surface area contributed by atoms with Gasteiger partial charge in [0.2, 0.25) is 0 Å². The Kier molecular flexibility index (Phi) is 4.47. The fourth-order valence-electron chi connectivity index (χ4n) is 2.88. The van der Waals surface area contributed by atoms with E-state index in [1.54, 1.807) is 6.92 Å². The number of nitrogens with zero attached hydrogens (tertiary/aromatic N) is 1. The van der Waals surface area contributed by atoms with Crippen LogP contribution in [-0.4, -0.2) is 23.2 Å². The zero-order chi connectivity index (χ0) is 16.4. The number of aromatic nitrogens is 1. The van der Waals surface area contributed by atoms with E-state index >= 15 is 0 Å². The number of anilines is 1. The zero-order valence-electron chi connectivity index (χ0n) is 13.0. The number of amides is 1. The molecule has 0 fully saturated rings. The SMILES string of the molecule is Cc1oc2c(c1C(=O)NCCCc1csc(N)n1)C(=O)CCC2. The second kappa shape index (κ2) is 6.54. The number of hydrogen-bond acceptors (Lipinski definition) is 6. The summed E-state index contributed by atoms with van der Waals surface area (Å²) in [4.78, 5) is 28.7. The maximum atomic E-state index is 12.4. The second-order valence-corrected chi connectivity index (χ2v) is 6.53. The van der Waals surface area contributed by atoms with Crippen molar-refractivity contribution in [3.05, 3.63) is 33.7 Å². The summed E-state index contributed by atoms with van der Waals surface area (Å²) >= 11 is 1.41. The standard InChI is InChI=1S/C16H19N3O3S/c1-9-13(14-11(20)5-2-6-12(14)22-9)15(21)18-7-3-4-10-8-23-16(17)19-10/h8H,2-7H2,1H3,(H2,17,19)(H,18,21). The molecule has 6 nitrogen and oxygen atoms in total. The number of nitrogen functional groups attached to an aromatic ring is 1. The molecule has 0 aromatic carbocycles. The molecule has 3 rings (SSSR count). The fraction of sp³-hybridized carbons (Fsp3) is 0.438. The molecule has 0 saturated heterocycles. The van der Waals surface area contributed by atoms with E-state index in [1.807, 2.05) is 5.38 Å². The van der Waals surface area contributed by atoms with Crippen LogP contribution in [0.5, 0.6) is 0 Å². The van der Waals surface area contributed by atoms with Gasteiger partial charge in [-0.05, 0) is 26.2 Å². The maximum absolute atomic E-state index is 12.4. The number of carbonyl (C=O) groups is 2. The molecule has 23 heavy (non-hydrogen) atoms. The highest BCUT2D eigenvalue weighted by Gasteiger charge is 2.30. The molecular formula is C16H19N3O3S. The van der Waals surface area contributed by atoms with Gasteiger partial charge in [0.25, 0.3) is 5.91 Å². The molecule has 2 heterocycles. The third kappa shape index (κ3) is 3.29. The van der Waals surface area contributed by atoms with Crippen LogP contribution in [0.25, 0.3) is 0 Å². The molecule has 3 N–H and O–H groups in total. The van der Waals surface area contributed by atoms with Crippen LogP contribution in [-0.2, 0) is 12.8 Å². The molecule has 7 heteroatoms. The topological polar surface area (TPSA) is 98.2 Å². The Morgan fingerprint density at radius 2 is 2.30 bits per heavy atom. The number of nitrogens with two attached hydrogens (primary N) is 1. The molecule has 0 radical (unpaired) electrons. The van der Waals surface area contributed by atoms with Crippen molar-refractivity contribution in [3.63, 3.8) is 0 Å². The molecule has 2 aromatic rings. The van der Waals surface area contributed by atoms with Crippen molar-refractivity contribution in [1.82, 2.24) is 10.3 Å². The fourth-order valence-corrected chi connectivity index (χ4v) is 3.48. The summed E-state index contributed by atoms with van der Waals surface area (Å²) in [6, 6.07) is 0. The van der Waals surface area contributed by atoms with Gasteiger partial charge in [-0.3, -0.25) is 9.59 Å². The van der Waals surface area contributed by atoms with Crippen LogP contribution >= 0.6 is 11.3 Å². The Morgan fingerprint density at radius 1 is 1.48 bits per heavy atom. The highest BCUT2D eigenvalue weighted by atomic mass is 32.1. The Balaban J connectivity index is 1.60. The highest BCUT2D eigenvalue weighted by Crippen LogP contribution is 2.29. The minimum atomic E-state index is -0.236. The van der Waals surface area contributed by atoms with E-state index in [2.05, 4.69) is 10.3 Å². The van der Waals surface area contributed by atoms with E-state index in [9.17, 15) is 9.59 Å². The Labute approximate surface area is 138 Å². The first-order chi connectivity index (χ1) is 11.1. The highest BCUT2D eigenvalue weighted by molar-refractivity contribution is 7.13. The largest absolute Gasteiger partial charge is 0.465 e. The average Bonchev–Trinajstić information content (AvgIpc) is 3.07. The number of Topliss-reactive ketones (excluding diaryl/α,β-unsaturated/α-hetero) is 1. The van der Waals surface area contributed by atoms with Gasteiger partial charge in [0.05, 0.1) is 16.8 Å². The number of nitrogens with one attached hydrogen (secondary N) is 1. The van der Waals surface area contributed by atoms with Crippen molar-refractivity contribution < 1.29 is 14.0 Å².